The maximum Gasteiger partial charge on any atom is 0.389 e. The second-order valence-corrected chi connectivity index (χ2v) is 6.48. The topological polar surface area (TPSA) is 12.0 Å². The molecule has 5 heteroatoms. The van der Waals surface area contributed by atoms with Crippen molar-refractivity contribution in [3.8, 4) is 0 Å². The number of halogens is 3. The third-order valence-corrected chi connectivity index (χ3v) is 4.28. The fourth-order valence-electron chi connectivity index (χ4n) is 1.89. The second kappa shape index (κ2) is 4.17. The van der Waals surface area contributed by atoms with Crippen LogP contribution in [0, 0.1) is 0 Å². The normalized spacial score (nSPS) is 30.8. The van der Waals surface area contributed by atoms with Crippen molar-refractivity contribution in [3.63, 3.8) is 0 Å². The summed E-state index contributed by atoms with van der Waals surface area (Å²) in [6, 6.07) is 0. The van der Waals surface area contributed by atoms with E-state index in [-0.39, 0.29) is 16.8 Å². The number of alkyl halides is 3. The van der Waals surface area contributed by atoms with Crippen LogP contribution in [0.5, 0.6) is 0 Å². The molecule has 1 heterocycles. The standard InChI is InChI=1S/C10H18F3NS/c1-8(2)7-15-9(3,14-8)5-4-6-10(11,12)13/h14H,4-7H2,1-3H3. The minimum absolute atomic E-state index is 0.0393. The van der Waals surface area contributed by atoms with Gasteiger partial charge < -0.3 is 0 Å². The molecule has 0 bridgehead atoms. The molecule has 0 aromatic rings. The second-order valence-electron chi connectivity index (χ2n) is 5.00. The summed E-state index contributed by atoms with van der Waals surface area (Å²) in [4.78, 5) is -0.186. The summed E-state index contributed by atoms with van der Waals surface area (Å²) >= 11 is 1.72. The molecular weight excluding hydrogens is 223 g/mol. The minimum Gasteiger partial charge on any atom is -0.297 e. The Hall–Kier alpha value is 0.1000. The molecule has 15 heavy (non-hydrogen) atoms. The van der Waals surface area contributed by atoms with Gasteiger partial charge in [-0.25, -0.2) is 0 Å². The minimum atomic E-state index is -4.02. The largest absolute Gasteiger partial charge is 0.389 e. The Balaban J connectivity index is 2.33. The Labute approximate surface area is 93.2 Å². The first-order valence-corrected chi connectivity index (χ1v) is 6.11. The van der Waals surface area contributed by atoms with Crippen LogP contribution in [0.15, 0.2) is 0 Å². The highest BCUT2D eigenvalue weighted by molar-refractivity contribution is 8.00. The molecule has 0 aromatic heterocycles. The Morgan fingerprint density at radius 2 is 1.87 bits per heavy atom. The van der Waals surface area contributed by atoms with Gasteiger partial charge in [0.1, 0.15) is 0 Å². The van der Waals surface area contributed by atoms with Crippen molar-refractivity contribution in [1.82, 2.24) is 5.32 Å². The smallest absolute Gasteiger partial charge is 0.297 e. The van der Waals surface area contributed by atoms with Crippen LogP contribution in [-0.4, -0.2) is 22.3 Å². The molecule has 1 rings (SSSR count). The lowest BCUT2D eigenvalue weighted by Crippen LogP contribution is -2.45. The molecule has 1 unspecified atom stereocenters. The molecule has 1 atom stereocenters. The monoisotopic (exact) mass is 241 g/mol. The van der Waals surface area contributed by atoms with Crippen molar-refractivity contribution in [2.45, 2.75) is 56.6 Å². The molecule has 1 saturated heterocycles. The van der Waals surface area contributed by atoms with Crippen LogP contribution >= 0.6 is 11.8 Å². The average Bonchev–Trinajstić information content (AvgIpc) is 2.23. The lowest BCUT2D eigenvalue weighted by Gasteiger charge is -2.27. The number of hydrogen-bond acceptors (Lipinski definition) is 2. The Morgan fingerprint density at radius 1 is 1.27 bits per heavy atom. The molecule has 1 fully saturated rings. The molecule has 0 spiro atoms. The first-order valence-electron chi connectivity index (χ1n) is 5.12. The summed E-state index contributed by atoms with van der Waals surface area (Å²) in [6.45, 7) is 6.15. The maximum absolute atomic E-state index is 12.0. The predicted molar refractivity (Wildman–Crippen MR) is 58.0 cm³/mol. The van der Waals surface area contributed by atoms with Gasteiger partial charge in [0, 0.05) is 17.7 Å². The van der Waals surface area contributed by atoms with Crippen LogP contribution in [0.25, 0.3) is 0 Å². The van der Waals surface area contributed by atoms with Gasteiger partial charge in [-0.2, -0.15) is 13.2 Å². The first kappa shape index (κ1) is 13.2. The Kier molecular flexibility index (Phi) is 3.66. The highest BCUT2D eigenvalue weighted by Gasteiger charge is 2.39. The summed E-state index contributed by atoms with van der Waals surface area (Å²) in [5.74, 6) is 0.954. The molecule has 0 aromatic carbocycles. The molecule has 0 amide bonds. The molecule has 1 nitrogen and oxygen atoms in total. The van der Waals surface area contributed by atoms with E-state index >= 15 is 0 Å². The zero-order valence-electron chi connectivity index (χ0n) is 9.37. The lowest BCUT2D eigenvalue weighted by molar-refractivity contribution is -0.135. The molecule has 0 radical (unpaired) electrons. The van der Waals surface area contributed by atoms with E-state index in [1.165, 1.54) is 0 Å². The number of hydrogen-bond donors (Lipinski definition) is 1. The molecule has 90 valence electrons. The van der Waals surface area contributed by atoms with E-state index in [4.69, 9.17) is 0 Å². The Morgan fingerprint density at radius 3 is 2.27 bits per heavy atom. The number of thioether (sulfide) groups is 1. The van der Waals surface area contributed by atoms with Crippen LogP contribution in [0.3, 0.4) is 0 Å². The van der Waals surface area contributed by atoms with Crippen molar-refractivity contribution >= 4 is 11.8 Å². The van der Waals surface area contributed by atoms with Crippen molar-refractivity contribution in [1.29, 1.82) is 0 Å². The lowest BCUT2D eigenvalue weighted by atomic mass is 10.0. The highest BCUT2D eigenvalue weighted by atomic mass is 32.2. The van der Waals surface area contributed by atoms with Gasteiger partial charge in [-0.15, -0.1) is 11.8 Å². The van der Waals surface area contributed by atoms with E-state index in [1.807, 2.05) is 6.92 Å². The highest BCUT2D eigenvalue weighted by Crippen LogP contribution is 2.39. The molecule has 1 N–H and O–H groups in total. The van der Waals surface area contributed by atoms with Crippen LogP contribution in [0.2, 0.25) is 0 Å². The zero-order valence-corrected chi connectivity index (χ0v) is 10.2. The van der Waals surface area contributed by atoms with Crippen molar-refractivity contribution in [3.05, 3.63) is 0 Å². The van der Waals surface area contributed by atoms with Crippen molar-refractivity contribution < 1.29 is 13.2 Å². The fourth-order valence-corrected chi connectivity index (χ4v) is 3.28. The van der Waals surface area contributed by atoms with E-state index in [1.54, 1.807) is 11.8 Å². The molecule has 0 aliphatic carbocycles. The number of rotatable bonds is 3. The third-order valence-electron chi connectivity index (χ3n) is 2.47. The van der Waals surface area contributed by atoms with Crippen LogP contribution in [0.1, 0.15) is 40.0 Å². The van der Waals surface area contributed by atoms with Gasteiger partial charge in [0.2, 0.25) is 0 Å². The van der Waals surface area contributed by atoms with Gasteiger partial charge >= 0.3 is 6.18 Å². The van der Waals surface area contributed by atoms with Crippen LogP contribution < -0.4 is 5.32 Å². The van der Waals surface area contributed by atoms with E-state index in [2.05, 4.69) is 19.2 Å². The maximum atomic E-state index is 12.0. The summed E-state index contributed by atoms with van der Waals surface area (Å²) in [7, 11) is 0. The van der Waals surface area contributed by atoms with Gasteiger partial charge in [0.15, 0.2) is 0 Å². The summed E-state index contributed by atoms with van der Waals surface area (Å²) in [5, 5.41) is 3.39. The van der Waals surface area contributed by atoms with Gasteiger partial charge in [-0.1, -0.05) is 0 Å². The molecule has 0 saturated carbocycles. The molecular formula is C10H18F3NS. The van der Waals surface area contributed by atoms with Gasteiger partial charge in [-0.05, 0) is 33.6 Å². The van der Waals surface area contributed by atoms with Crippen molar-refractivity contribution in [2.75, 3.05) is 5.75 Å². The summed E-state index contributed by atoms with van der Waals surface area (Å²) in [6.07, 6.45) is -3.92. The molecule has 1 aliphatic rings. The summed E-state index contributed by atoms with van der Waals surface area (Å²) in [5.41, 5.74) is 0.0393. The molecule has 1 aliphatic heterocycles. The van der Waals surface area contributed by atoms with Gasteiger partial charge in [0.25, 0.3) is 0 Å². The fraction of sp³-hybridized carbons (Fsp3) is 1.00. The summed E-state index contributed by atoms with van der Waals surface area (Å²) < 4.78 is 35.9. The van der Waals surface area contributed by atoms with E-state index in [0.29, 0.717) is 6.42 Å². The van der Waals surface area contributed by atoms with E-state index < -0.39 is 12.6 Å². The first-order chi connectivity index (χ1) is 6.62. The van der Waals surface area contributed by atoms with E-state index in [9.17, 15) is 13.2 Å². The third kappa shape index (κ3) is 4.64. The SMILES string of the molecule is CC1(C)CSC(C)(CCCC(F)(F)F)N1. The predicted octanol–water partition coefficient (Wildman–Crippen LogP) is 3.55. The van der Waals surface area contributed by atoms with Crippen LogP contribution in [0.4, 0.5) is 13.2 Å². The zero-order chi connectivity index (χ0) is 11.7. The van der Waals surface area contributed by atoms with Crippen molar-refractivity contribution in [2.24, 2.45) is 0 Å². The van der Waals surface area contributed by atoms with Crippen LogP contribution in [-0.2, 0) is 0 Å². The average molecular weight is 241 g/mol. The quantitative estimate of drug-likeness (QED) is 0.811. The Bertz CT molecular complexity index is 227. The number of nitrogens with one attached hydrogen (secondary N) is 1. The van der Waals surface area contributed by atoms with E-state index in [0.717, 1.165) is 5.75 Å². The van der Waals surface area contributed by atoms with Gasteiger partial charge in [-0.3, -0.25) is 5.32 Å². The van der Waals surface area contributed by atoms with Gasteiger partial charge in [0.05, 0.1) is 4.87 Å².